The van der Waals surface area contributed by atoms with Gasteiger partial charge >= 0.3 is 0 Å². The third kappa shape index (κ3) is 2.57. The molecule has 0 aromatic carbocycles. The number of nitrogens with two attached hydrogens (primary N) is 1. The van der Waals surface area contributed by atoms with E-state index < -0.39 is 11.9 Å². The van der Waals surface area contributed by atoms with Crippen molar-refractivity contribution in [1.82, 2.24) is 9.80 Å². The monoisotopic (exact) mass is 227 g/mol. The van der Waals surface area contributed by atoms with Crippen LogP contribution in [0, 0.1) is 0 Å². The Kier molecular flexibility index (Phi) is 4.00. The molecule has 3 amide bonds. The number of likely N-dealkylation sites (tertiary alicyclic amines) is 1. The molecule has 90 valence electrons. The van der Waals surface area contributed by atoms with Gasteiger partial charge < -0.3 is 5.73 Å². The van der Waals surface area contributed by atoms with E-state index in [1.807, 2.05) is 6.92 Å². The van der Waals surface area contributed by atoms with Crippen molar-refractivity contribution in [2.75, 3.05) is 20.1 Å². The van der Waals surface area contributed by atoms with Crippen molar-refractivity contribution in [2.45, 2.75) is 25.8 Å². The van der Waals surface area contributed by atoms with Gasteiger partial charge in [0.05, 0.1) is 19.0 Å². The molecule has 0 aromatic rings. The largest absolute Gasteiger partial charge is 0.369 e. The summed E-state index contributed by atoms with van der Waals surface area (Å²) >= 11 is 0. The van der Waals surface area contributed by atoms with Crippen molar-refractivity contribution in [1.29, 1.82) is 0 Å². The lowest BCUT2D eigenvalue weighted by Crippen LogP contribution is -2.45. The summed E-state index contributed by atoms with van der Waals surface area (Å²) in [5.41, 5.74) is 5.12. The minimum atomic E-state index is -0.523. The first-order chi connectivity index (χ1) is 7.47. The van der Waals surface area contributed by atoms with Gasteiger partial charge in [0.1, 0.15) is 0 Å². The molecule has 1 aliphatic rings. The first kappa shape index (κ1) is 12.6. The van der Waals surface area contributed by atoms with Gasteiger partial charge in [0.2, 0.25) is 17.7 Å². The number of imide groups is 1. The van der Waals surface area contributed by atoms with Crippen LogP contribution < -0.4 is 5.73 Å². The van der Waals surface area contributed by atoms with Crippen molar-refractivity contribution in [2.24, 2.45) is 5.73 Å². The molecule has 1 heterocycles. The van der Waals surface area contributed by atoms with Crippen molar-refractivity contribution >= 4 is 17.7 Å². The lowest BCUT2D eigenvalue weighted by atomic mass is 10.2. The van der Waals surface area contributed by atoms with Gasteiger partial charge in [-0.25, -0.2) is 0 Å². The van der Waals surface area contributed by atoms with Crippen LogP contribution in [-0.2, 0) is 14.4 Å². The maximum absolute atomic E-state index is 11.7. The van der Waals surface area contributed by atoms with Crippen LogP contribution in [0.2, 0.25) is 0 Å². The molecule has 0 aromatic heterocycles. The summed E-state index contributed by atoms with van der Waals surface area (Å²) < 4.78 is 0. The van der Waals surface area contributed by atoms with Crippen molar-refractivity contribution in [3.63, 3.8) is 0 Å². The highest BCUT2D eigenvalue weighted by Gasteiger charge is 2.39. The highest BCUT2D eigenvalue weighted by molar-refractivity contribution is 6.05. The van der Waals surface area contributed by atoms with E-state index in [0.717, 1.165) is 11.3 Å². The maximum Gasteiger partial charge on any atom is 0.246 e. The topological polar surface area (TPSA) is 83.7 Å². The Morgan fingerprint density at radius 1 is 1.56 bits per heavy atom. The average molecular weight is 227 g/mol. The smallest absolute Gasteiger partial charge is 0.246 e. The number of likely N-dealkylation sites (N-methyl/N-ethyl adjacent to an activating group) is 1. The standard InChI is InChI=1S/C10H17N3O3/c1-3-4-13(6-8(11)14)7-5-9(15)12(2)10(7)16/h7H,3-6H2,1-2H3,(H2,11,14). The van der Waals surface area contributed by atoms with Crippen molar-refractivity contribution in [3.8, 4) is 0 Å². The van der Waals surface area contributed by atoms with E-state index in [-0.39, 0.29) is 24.8 Å². The van der Waals surface area contributed by atoms with Crippen LogP contribution in [0.1, 0.15) is 19.8 Å². The summed E-state index contributed by atoms with van der Waals surface area (Å²) in [5.74, 6) is -0.941. The molecule has 1 aliphatic heterocycles. The van der Waals surface area contributed by atoms with Crippen LogP contribution in [0.4, 0.5) is 0 Å². The Balaban J connectivity index is 2.75. The highest BCUT2D eigenvalue weighted by atomic mass is 16.2. The second-order valence-electron chi connectivity index (χ2n) is 3.95. The molecule has 1 rings (SSSR count). The predicted molar refractivity (Wildman–Crippen MR) is 57.2 cm³/mol. The van der Waals surface area contributed by atoms with Gasteiger partial charge in [-0.1, -0.05) is 6.92 Å². The van der Waals surface area contributed by atoms with Crippen molar-refractivity contribution in [3.05, 3.63) is 0 Å². The first-order valence-electron chi connectivity index (χ1n) is 5.30. The molecule has 0 bridgehead atoms. The van der Waals surface area contributed by atoms with Gasteiger partial charge in [-0.05, 0) is 13.0 Å². The van der Waals surface area contributed by atoms with E-state index in [0.29, 0.717) is 6.54 Å². The van der Waals surface area contributed by atoms with E-state index in [2.05, 4.69) is 0 Å². The number of nitrogens with zero attached hydrogens (tertiary/aromatic N) is 2. The summed E-state index contributed by atoms with van der Waals surface area (Å²) in [6.07, 6.45) is 0.942. The van der Waals surface area contributed by atoms with Crippen LogP contribution >= 0.6 is 0 Å². The van der Waals surface area contributed by atoms with Crippen LogP contribution in [0.5, 0.6) is 0 Å². The first-order valence-corrected chi connectivity index (χ1v) is 5.30. The fourth-order valence-electron chi connectivity index (χ4n) is 1.85. The molecule has 0 aliphatic carbocycles. The Morgan fingerprint density at radius 2 is 2.19 bits per heavy atom. The van der Waals surface area contributed by atoms with Gasteiger partial charge in [-0.15, -0.1) is 0 Å². The minimum absolute atomic E-state index is 0.0192. The normalized spacial score (nSPS) is 20.9. The molecule has 16 heavy (non-hydrogen) atoms. The van der Waals surface area contributed by atoms with Gasteiger partial charge in [0.25, 0.3) is 0 Å². The molecule has 0 spiro atoms. The molecule has 0 saturated carbocycles. The average Bonchev–Trinajstić information content (AvgIpc) is 2.45. The molecular formula is C10H17N3O3. The van der Waals surface area contributed by atoms with E-state index >= 15 is 0 Å². The SMILES string of the molecule is CCCN(CC(N)=O)C1CC(=O)N(C)C1=O. The second kappa shape index (κ2) is 5.07. The molecule has 1 unspecified atom stereocenters. The highest BCUT2D eigenvalue weighted by Crippen LogP contribution is 2.17. The quantitative estimate of drug-likeness (QED) is 0.607. The number of carbonyl (C=O) groups excluding carboxylic acids is 3. The zero-order chi connectivity index (χ0) is 12.3. The number of hydrogen-bond donors (Lipinski definition) is 1. The van der Waals surface area contributed by atoms with Gasteiger partial charge in [0, 0.05) is 7.05 Å². The Labute approximate surface area is 94.4 Å². The summed E-state index contributed by atoms with van der Waals surface area (Å²) in [7, 11) is 1.46. The van der Waals surface area contributed by atoms with Crippen LogP contribution in [0.25, 0.3) is 0 Å². The molecular weight excluding hydrogens is 210 g/mol. The second-order valence-corrected chi connectivity index (χ2v) is 3.95. The van der Waals surface area contributed by atoms with Crippen molar-refractivity contribution < 1.29 is 14.4 Å². The molecule has 6 heteroatoms. The minimum Gasteiger partial charge on any atom is -0.369 e. The number of amides is 3. The molecule has 1 atom stereocenters. The number of carbonyl (C=O) groups is 3. The lowest BCUT2D eigenvalue weighted by Gasteiger charge is -2.24. The van der Waals surface area contributed by atoms with Crippen LogP contribution in [-0.4, -0.2) is 53.7 Å². The summed E-state index contributed by atoms with van der Waals surface area (Å²) in [6.45, 7) is 2.55. The summed E-state index contributed by atoms with van der Waals surface area (Å²) in [5, 5.41) is 0. The van der Waals surface area contributed by atoms with Crippen LogP contribution in [0.15, 0.2) is 0 Å². The number of hydrogen-bond acceptors (Lipinski definition) is 4. The third-order valence-corrected chi connectivity index (χ3v) is 2.67. The zero-order valence-electron chi connectivity index (χ0n) is 9.60. The van der Waals surface area contributed by atoms with Gasteiger partial charge in [0.15, 0.2) is 0 Å². The van der Waals surface area contributed by atoms with Gasteiger partial charge in [-0.3, -0.25) is 24.2 Å². The van der Waals surface area contributed by atoms with E-state index in [4.69, 9.17) is 5.73 Å². The van der Waals surface area contributed by atoms with Crippen LogP contribution in [0.3, 0.4) is 0 Å². The summed E-state index contributed by atoms with van der Waals surface area (Å²) in [6, 6.07) is -0.523. The fourth-order valence-corrected chi connectivity index (χ4v) is 1.85. The van der Waals surface area contributed by atoms with Gasteiger partial charge in [-0.2, -0.15) is 0 Å². The molecule has 1 saturated heterocycles. The number of primary amides is 1. The third-order valence-electron chi connectivity index (χ3n) is 2.67. The van der Waals surface area contributed by atoms with E-state index in [1.54, 1.807) is 4.90 Å². The lowest BCUT2D eigenvalue weighted by molar-refractivity contribution is -0.138. The van der Waals surface area contributed by atoms with E-state index in [1.165, 1.54) is 7.05 Å². The zero-order valence-corrected chi connectivity index (χ0v) is 9.60. The predicted octanol–water partition coefficient (Wildman–Crippen LogP) is -1.06. The number of rotatable bonds is 5. The molecule has 1 fully saturated rings. The Morgan fingerprint density at radius 3 is 2.56 bits per heavy atom. The maximum atomic E-state index is 11.7. The molecule has 2 N–H and O–H groups in total. The molecule has 0 radical (unpaired) electrons. The summed E-state index contributed by atoms with van der Waals surface area (Å²) in [4.78, 5) is 36.7. The fraction of sp³-hybridized carbons (Fsp3) is 0.700. The van der Waals surface area contributed by atoms with E-state index in [9.17, 15) is 14.4 Å². The molecule has 6 nitrogen and oxygen atoms in total. The Bertz CT molecular complexity index is 316. The Hall–Kier alpha value is -1.43.